The number of nitrogens with one attached hydrogen (secondary N) is 2. The topological polar surface area (TPSA) is 137 Å². The van der Waals surface area contributed by atoms with E-state index in [1.165, 1.54) is 73.7 Å². The average Bonchev–Trinajstić information content (AvgIpc) is 3.87. The highest BCUT2D eigenvalue weighted by Gasteiger charge is 2.39. The van der Waals surface area contributed by atoms with Gasteiger partial charge < -0.3 is 10.2 Å². The van der Waals surface area contributed by atoms with E-state index in [0.29, 0.717) is 34.4 Å². The van der Waals surface area contributed by atoms with E-state index >= 15 is 0 Å². The van der Waals surface area contributed by atoms with Gasteiger partial charge in [-0.1, -0.05) is 47.5 Å². The van der Waals surface area contributed by atoms with Crippen molar-refractivity contribution in [3.63, 3.8) is 0 Å². The van der Waals surface area contributed by atoms with Crippen molar-refractivity contribution in [2.45, 2.75) is 85.7 Å². The second-order valence-corrected chi connectivity index (χ2v) is 20.2. The SMILES string of the molecule is O=[N+]([O-])c1cc(S(=O)(=O)Nc2ncnc3cc(N4CCN(CC5=C(c6ccc(Cl)cc6)CCCC5)CC4)ccc23)ccc1NC(CCN1C2CCC1CC2)CSc1ccccc1. The number of piperazine rings is 1. The summed E-state index contributed by atoms with van der Waals surface area (Å²) >= 11 is 7.89. The predicted molar refractivity (Wildman–Crippen MR) is 251 cm³/mol. The molecule has 3 fully saturated rings. The minimum absolute atomic E-state index is 0.0752. The molecule has 2 bridgehead atoms. The Morgan fingerprint density at radius 3 is 2.35 bits per heavy atom. The molecule has 0 amide bonds. The number of rotatable bonds is 16. The van der Waals surface area contributed by atoms with Gasteiger partial charge in [-0.25, -0.2) is 18.4 Å². The van der Waals surface area contributed by atoms with E-state index in [4.69, 9.17) is 11.6 Å². The number of sulfonamides is 1. The molecule has 9 rings (SSSR count). The first-order valence-electron chi connectivity index (χ1n) is 21.9. The molecule has 3 aliphatic heterocycles. The molecule has 324 valence electrons. The van der Waals surface area contributed by atoms with Crippen LogP contribution in [0.3, 0.4) is 0 Å². The summed E-state index contributed by atoms with van der Waals surface area (Å²) in [4.78, 5) is 29.2. The van der Waals surface area contributed by atoms with Crippen LogP contribution in [0.1, 0.15) is 63.4 Å². The summed E-state index contributed by atoms with van der Waals surface area (Å²) in [5.74, 6) is 0.817. The van der Waals surface area contributed by atoms with Gasteiger partial charge in [-0.15, -0.1) is 11.8 Å². The molecular formula is C47H53ClN8O4S2. The number of nitrogens with zero attached hydrogens (tertiary/aromatic N) is 6. The maximum absolute atomic E-state index is 13.9. The third kappa shape index (κ3) is 9.74. The molecule has 1 atom stereocenters. The molecular weight excluding hydrogens is 840 g/mol. The van der Waals surface area contributed by atoms with Gasteiger partial charge in [-0.3, -0.25) is 24.6 Å². The zero-order chi connectivity index (χ0) is 42.6. The van der Waals surface area contributed by atoms with Crippen LogP contribution < -0.4 is 14.9 Å². The van der Waals surface area contributed by atoms with Crippen LogP contribution in [0.4, 0.5) is 22.9 Å². The van der Waals surface area contributed by atoms with Gasteiger partial charge >= 0.3 is 0 Å². The number of benzene rings is 4. The third-order valence-corrected chi connectivity index (χ3v) is 15.9. The smallest absolute Gasteiger partial charge is 0.293 e. The van der Waals surface area contributed by atoms with Crippen LogP contribution >= 0.6 is 23.4 Å². The second-order valence-electron chi connectivity index (χ2n) is 17.0. The highest BCUT2D eigenvalue weighted by Crippen LogP contribution is 2.39. The summed E-state index contributed by atoms with van der Waals surface area (Å²) in [5.41, 5.74) is 5.89. The number of halogens is 1. The normalized spacial score (nSPS) is 20.2. The lowest BCUT2D eigenvalue weighted by Crippen LogP contribution is -2.47. The van der Waals surface area contributed by atoms with Crippen molar-refractivity contribution in [2.24, 2.45) is 0 Å². The van der Waals surface area contributed by atoms with Crippen LogP contribution in [-0.2, 0) is 10.0 Å². The minimum Gasteiger partial charge on any atom is -0.376 e. The lowest BCUT2D eigenvalue weighted by molar-refractivity contribution is -0.384. The standard InChI is InChI=1S/C47H53ClN8O4S2/c48-35-12-10-33(11-13-35)42-9-5-4-6-34(42)30-53-24-26-54(27-25-53)39-18-20-43-45(28-39)49-32-50-47(43)52-62(59,60)41-19-21-44(46(29-41)56(57)58)51-36(31-61-40-7-2-1-3-8-40)22-23-55-37-14-15-38(55)17-16-37/h1-3,7-8,10-13,18-21,28-29,32,36-38,51H,4-6,9,14-17,22-27,30-31H2,(H,49,50,52). The molecule has 1 aromatic heterocycles. The summed E-state index contributed by atoms with van der Waals surface area (Å²) in [7, 11) is -4.26. The predicted octanol–water partition coefficient (Wildman–Crippen LogP) is 9.73. The van der Waals surface area contributed by atoms with Gasteiger partial charge in [-0.05, 0) is 124 Å². The molecule has 62 heavy (non-hydrogen) atoms. The van der Waals surface area contributed by atoms with E-state index in [1.54, 1.807) is 11.8 Å². The Kier molecular flexibility index (Phi) is 13.0. The van der Waals surface area contributed by atoms with Gasteiger partial charge in [0.2, 0.25) is 0 Å². The van der Waals surface area contributed by atoms with E-state index in [9.17, 15) is 18.5 Å². The molecule has 0 saturated carbocycles. The van der Waals surface area contributed by atoms with Gasteiger partial charge in [-0.2, -0.15) is 0 Å². The molecule has 1 unspecified atom stereocenters. The van der Waals surface area contributed by atoms with E-state index in [1.807, 2.05) is 48.5 Å². The Hall–Kier alpha value is -4.73. The Bertz CT molecular complexity index is 2520. The van der Waals surface area contributed by atoms with Crippen molar-refractivity contribution in [3.05, 3.63) is 124 Å². The molecule has 12 nitrogen and oxygen atoms in total. The second kappa shape index (κ2) is 18.9. The largest absolute Gasteiger partial charge is 0.376 e. The number of fused-ring (bicyclic) bond motifs is 3. The van der Waals surface area contributed by atoms with Crippen molar-refractivity contribution in [2.75, 3.05) is 60.0 Å². The number of allylic oxidation sites excluding steroid dienone is 1. The molecule has 15 heteroatoms. The number of anilines is 3. The van der Waals surface area contributed by atoms with Crippen LogP contribution in [0.5, 0.6) is 0 Å². The monoisotopic (exact) mass is 892 g/mol. The summed E-state index contributed by atoms with van der Waals surface area (Å²) in [6.45, 7) is 5.46. The first kappa shape index (κ1) is 42.6. The highest BCUT2D eigenvalue weighted by molar-refractivity contribution is 7.99. The van der Waals surface area contributed by atoms with E-state index in [-0.39, 0.29) is 22.4 Å². The summed E-state index contributed by atoms with van der Waals surface area (Å²) in [6, 6.07) is 29.4. The van der Waals surface area contributed by atoms with Crippen LogP contribution in [0.25, 0.3) is 16.5 Å². The number of aromatic nitrogens is 2. The first-order valence-corrected chi connectivity index (χ1v) is 24.7. The summed E-state index contributed by atoms with van der Waals surface area (Å²) in [6.07, 6.45) is 11.8. The fourth-order valence-electron chi connectivity index (χ4n) is 9.86. The Labute approximate surface area is 373 Å². The maximum atomic E-state index is 13.9. The number of hydrogen-bond acceptors (Lipinski definition) is 11. The Balaban J connectivity index is 0.866. The van der Waals surface area contributed by atoms with Crippen LogP contribution in [0.2, 0.25) is 5.02 Å². The summed E-state index contributed by atoms with van der Waals surface area (Å²) in [5, 5.41) is 17.3. The third-order valence-electron chi connectivity index (χ3n) is 13.1. The molecule has 0 radical (unpaired) electrons. The van der Waals surface area contributed by atoms with Gasteiger partial charge in [0.05, 0.1) is 15.3 Å². The van der Waals surface area contributed by atoms with Crippen LogP contribution in [-0.4, -0.2) is 96.3 Å². The molecule has 2 N–H and O–H groups in total. The van der Waals surface area contributed by atoms with Gasteiger partial charge in [0.15, 0.2) is 5.82 Å². The summed E-state index contributed by atoms with van der Waals surface area (Å²) < 4.78 is 30.4. The minimum atomic E-state index is -4.26. The van der Waals surface area contributed by atoms with E-state index in [2.05, 4.69) is 59.0 Å². The lowest BCUT2D eigenvalue weighted by Gasteiger charge is -2.37. The zero-order valence-corrected chi connectivity index (χ0v) is 37.2. The lowest BCUT2D eigenvalue weighted by atomic mass is 9.87. The molecule has 4 aliphatic rings. The number of hydrogen-bond donors (Lipinski definition) is 2. The van der Waals surface area contributed by atoms with Crippen molar-refractivity contribution in [3.8, 4) is 0 Å². The Morgan fingerprint density at radius 2 is 1.61 bits per heavy atom. The fourth-order valence-corrected chi connectivity index (χ4v) is 12.0. The Morgan fingerprint density at radius 1 is 0.871 bits per heavy atom. The molecule has 4 heterocycles. The molecule has 1 aliphatic carbocycles. The maximum Gasteiger partial charge on any atom is 0.293 e. The van der Waals surface area contributed by atoms with Crippen molar-refractivity contribution in [1.29, 1.82) is 0 Å². The van der Waals surface area contributed by atoms with E-state index < -0.39 is 14.9 Å². The van der Waals surface area contributed by atoms with Crippen LogP contribution in [0, 0.1) is 10.1 Å². The number of nitro benzene ring substituents is 1. The highest BCUT2D eigenvalue weighted by atomic mass is 35.5. The number of thioether (sulfide) groups is 1. The molecule has 4 aromatic carbocycles. The molecule has 5 aromatic rings. The van der Waals surface area contributed by atoms with Crippen molar-refractivity contribution < 1.29 is 13.3 Å². The zero-order valence-electron chi connectivity index (χ0n) is 34.8. The van der Waals surface area contributed by atoms with Gasteiger partial charge in [0.25, 0.3) is 15.7 Å². The average molecular weight is 894 g/mol. The first-order chi connectivity index (χ1) is 30.2. The molecule has 0 spiro atoms. The van der Waals surface area contributed by atoms with Crippen molar-refractivity contribution >= 4 is 72.7 Å². The number of nitro groups is 1. The van der Waals surface area contributed by atoms with E-state index in [0.717, 1.165) is 80.2 Å². The molecule has 3 saturated heterocycles. The van der Waals surface area contributed by atoms with Gasteiger partial charge in [0.1, 0.15) is 12.0 Å². The fraction of sp³-hybridized carbons (Fsp3) is 0.404. The quantitative estimate of drug-likeness (QED) is 0.0557. The van der Waals surface area contributed by atoms with Crippen LogP contribution in [0.15, 0.2) is 113 Å². The van der Waals surface area contributed by atoms with Gasteiger partial charge in [0, 0.05) is 90.2 Å². The van der Waals surface area contributed by atoms with Crippen molar-refractivity contribution in [1.82, 2.24) is 19.8 Å².